The van der Waals surface area contributed by atoms with E-state index in [9.17, 15) is 33.9 Å². The fourth-order valence-electron chi connectivity index (χ4n) is 3.51. The first-order valence-corrected chi connectivity index (χ1v) is 11.3. The highest BCUT2D eigenvalue weighted by Gasteiger charge is 2.32. The molecule has 8 N–H and O–H groups in total. The van der Waals surface area contributed by atoms with Gasteiger partial charge in [-0.25, -0.2) is 4.79 Å². The van der Waals surface area contributed by atoms with Gasteiger partial charge in [0.25, 0.3) is 0 Å². The van der Waals surface area contributed by atoms with Gasteiger partial charge in [-0.2, -0.15) is 0 Å². The maximum absolute atomic E-state index is 12.9. The van der Waals surface area contributed by atoms with Crippen LogP contribution >= 0.6 is 0 Å². The van der Waals surface area contributed by atoms with Gasteiger partial charge in [0, 0.05) is 12.8 Å². The van der Waals surface area contributed by atoms with Crippen LogP contribution in [0.3, 0.4) is 0 Å². The summed E-state index contributed by atoms with van der Waals surface area (Å²) in [5, 5.41) is 28.6. The SMILES string of the molecule is CC(C)CC(NC(=O)C(CCC(=O)O)NC(=O)C(CCC(N)=O)NC(=O)C1CCCN1)C(=O)O. The monoisotopic (exact) mass is 485 g/mol. The van der Waals surface area contributed by atoms with Gasteiger partial charge in [-0.1, -0.05) is 13.8 Å². The van der Waals surface area contributed by atoms with Gasteiger partial charge in [-0.05, 0) is 44.6 Å². The molecule has 1 saturated heterocycles. The third kappa shape index (κ3) is 10.6. The lowest BCUT2D eigenvalue weighted by Crippen LogP contribution is -2.57. The number of primary amides is 1. The van der Waals surface area contributed by atoms with Crippen LogP contribution in [0.25, 0.3) is 0 Å². The molecular formula is C21H35N5O8. The zero-order valence-electron chi connectivity index (χ0n) is 19.5. The van der Waals surface area contributed by atoms with E-state index in [0.717, 1.165) is 6.42 Å². The zero-order chi connectivity index (χ0) is 25.8. The Bertz CT molecular complexity index is 766. The highest BCUT2D eigenvalue weighted by molar-refractivity contribution is 5.94. The minimum absolute atomic E-state index is 0.0500. The first-order chi connectivity index (χ1) is 15.9. The lowest BCUT2D eigenvalue weighted by atomic mass is 10.0. The van der Waals surface area contributed by atoms with E-state index in [-0.39, 0.29) is 31.6 Å². The maximum Gasteiger partial charge on any atom is 0.326 e. The summed E-state index contributed by atoms with van der Waals surface area (Å²) in [7, 11) is 0. The highest BCUT2D eigenvalue weighted by Crippen LogP contribution is 2.09. The van der Waals surface area contributed by atoms with Crippen LogP contribution in [0.5, 0.6) is 0 Å². The van der Waals surface area contributed by atoms with E-state index >= 15 is 0 Å². The molecular weight excluding hydrogens is 450 g/mol. The number of nitrogens with one attached hydrogen (secondary N) is 4. The number of aliphatic carboxylic acids is 2. The third-order valence-electron chi connectivity index (χ3n) is 5.29. The van der Waals surface area contributed by atoms with Crippen LogP contribution in [-0.4, -0.2) is 76.5 Å². The van der Waals surface area contributed by atoms with Gasteiger partial charge in [0.05, 0.1) is 6.04 Å². The molecule has 0 aromatic carbocycles. The summed E-state index contributed by atoms with van der Waals surface area (Å²) < 4.78 is 0. The van der Waals surface area contributed by atoms with Gasteiger partial charge in [0.15, 0.2) is 0 Å². The number of amides is 4. The molecule has 0 radical (unpaired) electrons. The van der Waals surface area contributed by atoms with Gasteiger partial charge in [-0.3, -0.25) is 24.0 Å². The molecule has 13 nitrogen and oxygen atoms in total. The molecule has 0 aliphatic carbocycles. The molecule has 0 aromatic heterocycles. The van der Waals surface area contributed by atoms with Crippen molar-refractivity contribution in [1.29, 1.82) is 0 Å². The van der Waals surface area contributed by atoms with Crippen LogP contribution in [0.4, 0.5) is 0 Å². The summed E-state index contributed by atoms with van der Waals surface area (Å²) in [6.45, 7) is 4.20. The average Bonchev–Trinajstić information content (AvgIpc) is 3.27. The second-order valence-corrected chi connectivity index (χ2v) is 8.74. The second-order valence-electron chi connectivity index (χ2n) is 8.74. The standard InChI is InChI=1S/C21H35N5O8/c1-11(2)10-15(21(33)34)26-20(32)14(6-8-17(28)29)25-19(31)13(5-7-16(22)27)24-18(30)12-4-3-9-23-12/h11-15,23H,3-10H2,1-2H3,(H2,22,27)(H,24,30)(H,25,31)(H,26,32)(H,28,29)(H,33,34). The van der Waals surface area contributed by atoms with Crippen molar-refractivity contribution in [3.05, 3.63) is 0 Å². The maximum atomic E-state index is 12.9. The van der Waals surface area contributed by atoms with E-state index in [1.807, 2.05) is 0 Å². The quantitative estimate of drug-likeness (QED) is 0.143. The molecule has 4 amide bonds. The van der Waals surface area contributed by atoms with Gasteiger partial charge < -0.3 is 37.2 Å². The topological polar surface area (TPSA) is 217 Å². The van der Waals surface area contributed by atoms with Crippen molar-refractivity contribution in [2.75, 3.05) is 6.54 Å². The van der Waals surface area contributed by atoms with E-state index in [1.54, 1.807) is 13.8 Å². The molecule has 1 heterocycles. The van der Waals surface area contributed by atoms with Crippen molar-refractivity contribution >= 4 is 35.6 Å². The smallest absolute Gasteiger partial charge is 0.326 e. The Morgan fingerprint density at radius 1 is 0.912 bits per heavy atom. The van der Waals surface area contributed by atoms with Crippen LogP contribution in [0.1, 0.15) is 58.8 Å². The van der Waals surface area contributed by atoms with Crippen molar-refractivity contribution < 1.29 is 39.0 Å². The molecule has 1 fully saturated rings. The Kier molecular flexibility index (Phi) is 12.0. The van der Waals surface area contributed by atoms with E-state index in [2.05, 4.69) is 21.3 Å². The largest absolute Gasteiger partial charge is 0.481 e. The minimum Gasteiger partial charge on any atom is -0.481 e. The first-order valence-electron chi connectivity index (χ1n) is 11.3. The summed E-state index contributed by atoms with van der Waals surface area (Å²) in [5.41, 5.74) is 5.17. The van der Waals surface area contributed by atoms with Crippen LogP contribution in [-0.2, 0) is 28.8 Å². The van der Waals surface area contributed by atoms with E-state index < -0.39 is 66.2 Å². The number of rotatable bonds is 15. The third-order valence-corrected chi connectivity index (χ3v) is 5.29. The van der Waals surface area contributed by atoms with Crippen LogP contribution in [0, 0.1) is 5.92 Å². The van der Waals surface area contributed by atoms with Gasteiger partial charge >= 0.3 is 11.9 Å². The van der Waals surface area contributed by atoms with Crippen LogP contribution in [0.2, 0.25) is 0 Å². The van der Waals surface area contributed by atoms with Crippen LogP contribution in [0.15, 0.2) is 0 Å². The molecule has 0 saturated carbocycles. The molecule has 4 unspecified atom stereocenters. The predicted octanol–water partition coefficient (Wildman–Crippen LogP) is -1.55. The minimum atomic E-state index is -1.37. The molecule has 1 aliphatic rings. The molecule has 0 bridgehead atoms. The summed E-state index contributed by atoms with van der Waals surface area (Å²) in [6.07, 6.45) is 0.384. The molecule has 1 rings (SSSR count). The summed E-state index contributed by atoms with van der Waals surface area (Å²) in [5.74, 6) is -5.34. The number of hydrogen-bond donors (Lipinski definition) is 7. The predicted molar refractivity (Wildman–Crippen MR) is 119 cm³/mol. The fourth-order valence-corrected chi connectivity index (χ4v) is 3.51. The Balaban J connectivity index is 2.97. The number of carboxylic acids is 2. The number of hydrogen-bond acceptors (Lipinski definition) is 7. The first kappa shape index (κ1) is 28.8. The molecule has 192 valence electrons. The van der Waals surface area contributed by atoms with Crippen molar-refractivity contribution in [3.63, 3.8) is 0 Å². The fraction of sp³-hybridized carbons (Fsp3) is 0.714. The zero-order valence-corrected chi connectivity index (χ0v) is 19.5. The molecule has 0 spiro atoms. The Morgan fingerprint density at radius 2 is 1.47 bits per heavy atom. The van der Waals surface area contributed by atoms with Gasteiger partial charge in [0.1, 0.15) is 18.1 Å². The van der Waals surface area contributed by atoms with Crippen molar-refractivity contribution in [2.45, 2.75) is 83.0 Å². The Morgan fingerprint density at radius 3 is 1.94 bits per heavy atom. The molecule has 13 heteroatoms. The summed E-state index contributed by atoms with van der Waals surface area (Å²) in [4.78, 5) is 71.9. The van der Waals surface area contributed by atoms with Crippen LogP contribution < -0.4 is 27.0 Å². The van der Waals surface area contributed by atoms with Crippen molar-refractivity contribution in [1.82, 2.24) is 21.3 Å². The van der Waals surface area contributed by atoms with Crippen molar-refractivity contribution in [2.24, 2.45) is 11.7 Å². The summed E-state index contributed by atoms with van der Waals surface area (Å²) >= 11 is 0. The highest BCUT2D eigenvalue weighted by atomic mass is 16.4. The Labute approximate surface area is 197 Å². The number of carbonyl (C=O) groups excluding carboxylic acids is 4. The van der Waals surface area contributed by atoms with Gasteiger partial charge in [0.2, 0.25) is 23.6 Å². The number of nitrogens with two attached hydrogens (primary N) is 1. The lowest BCUT2D eigenvalue weighted by molar-refractivity contribution is -0.143. The Hall–Kier alpha value is -3.22. The number of carboxylic acid groups (broad SMARTS) is 2. The normalized spacial score (nSPS) is 17.9. The van der Waals surface area contributed by atoms with Crippen molar-refractivity contribution in [3.8, 4) is 0 Å². The van der Waals surface area contributed by atoms with E-state index in [4.69, 9.17) is 10.8 Å². The van der Waals surface area contributed by atoms with E-state index in [0.29, 0.717) is 13.0 Å². The van der Waals surface area contributed by atoms with E-state index in [1.165, 1.54) is 0 Å². The average molecular weight is 486 g/mol. The number of carbonyl (C=O) groups is 6. The van der Waals surface area contributed by atoms with Gasteiger partial charge in [-0.15, -0.1) is 0 Å². The lowest BCUT2D eigenvalue weighted by Gasteiger charge is -2.25. The molecule has 0 aromatic rings. The summed E-state index contributed by atoms with van der Waals surface area (Å²) in [6, 6.07) is -4.29. The second kappa shape index (κ2) is 14.1. The molecule has 4 atom stereocenters. The molecule has 1 aliphatic heterocycles. The molecule has 34 heavy (non-hydrogen) atoms.